The SMILES string of the molecule is Cc1cc2c(nc1OCCN1CC(F)C1)OC1(CC1)CNS2=O. The predicted octanol–water partition coefficient (Wildman–Crippen LogP) is 0.960. The summed E-state index contributed by atoms with van der Waals surface area (Å²) in [5, 5.41) is 0. The number of fused-ring (bicyclic) bond motifs is 1. The third-order valence-corrected chi connectivity index (χ3v) is 5.60. The monoisotopic (exact) mass is 341 g/mol. The Morgan fingerprint density at radius 3 is 3.04 bits per heavy atom. The van der Waals surface area contributed by atoms with Crippen molar-refractivity contribution < 1.29 is 18.1 Å². The van der Waals surface area contributed by atoms with E-state index in [1.807, 2.05) is 17.9 Å². The summed E-state index contributed by atoms with van der Waals surface area (Å²) < 4.78 is 39.8. The number of hydrogen-bond donors (Lipinski definition) is 1. The van der Waals surface area contributed by atoms with Gasteiger partial charge in [0.25, 0.3) is 0 Å². The highest BCUT2D eigenvalue weighted by Gasteiger charge is 2.48. The first kappa shape index (κ1) is 15.3. The maximum Gasteiger partial charge on any atom is 0.235 e. The van der Waals surface area contributed by atoms with Gasteiger partial charge >= 0.3 is 0 Å². The highest BCUT2D eigenvalue weighted by atomic mass is 32.2. The molecule has 4 rings (SSSR count). The summed E-state index contributed by atoms with van der Waals surface area (Å²) in [6, 6.07) is 1.81. The van der Waals surface area contributed by atoms with Crippen molar-refractivity contribution in [3.63, 3.8) is 0 Å². The average molecular weight is 341 g/mol. The molecule has 1 saturated heterocycles. The van der Waals surface area contributed by atoms with Gasteiger partial charge in [-0.1, -0.05) is 0 Å². The number of nitrogens with one attached hydrogen (secondary N) is 1. The number of ether oxygens (including phenoxy) is 2. The first-order valence-electron chi connectivity index (χ1n) is 7.90. The Morgan fingerprint density at radius 1 is 1.57 bits per heavy atom. The van der Waals surface area contributed by atoms with E-state index < -0.39 is 17.2 Å². The minimum atomic E-state index is -1.31. The molecular weight excluding hydrogens is 321 g/mol. The lowest BCUT2D eigenvalue weighted by Crippen LogP contribution is -2.49. The van der Waals surface area contributed by atoms with E-state index in [0.29, 0.717) is 49.4 Å². The molecule has 3 heterocycles. The molecule has 0 amide bonds. The van der Waals surface area contributed by atoms with Crippen LogP contribution < -0.4 is 14.2 Å². The molecule has 3 aliphatic rings. The second-order valence-electron chi connectivity index (χ2n) is 6.49. The molecule has 0 aromatic carbocycles. The lowest BCUT2D eigenvalue weighted by molar-refractivity contribution is 0.0530. The van der Waals surface area contributed by atoms with Gasteiger partial charge in [-0.25, -0.2) is 13.3 Å². The van der Waals surface area contributed by atoms with Gasteiger partial charge in [-0.15, -0.1) is 0 Å². The molecule has 23 heavy (non-hydrogen) atoms. The number of nitrogens with zero attached hydrogens (tertiary/aromatic N) is 2. The maximum absolute atomic E-state index is 12.8. The van der Waals surface area contributed by atoms with Crippen LogP contribution in [0.1, 0.15) is 18.4 Å². The topological polar surface area (TPSA) is 63.7 Å². The first-order valence-corrected chi connectivity index (χ1v) is 9.05. The van der Waals surface area contributed by atoms with Crippen LogP contribution in [0.15, 0.2) is 11.0 Å². The third kappa shape index (κ3) is 3.07. The van der Waals surface area contributed by atoms with Crippen molar-refractivity contribution in [2.75, 3.05) is 32.8 Å². The fourth-order valence-electron chi connectivity index (χ4n) is 2.80. The van der Waals surface area contributed by atoms with Gasteiger partial charge < -0.3 is 9.47 Å². The van der Waals surface area contributed by atoms with E-state index in [1.165, 1.54) is 0 Å². The zero-order valence-corrected chi connectivity index (χ0v) is 13.8. The van der Waals surface area contributed by atoms with Crippen LogP contribution in [-0.2, 0) is 11.0 Å². The summed E-state index contributed by atoms with van der Waals surface area (Å²) >= 11 is 0. The van der Waals surface area contributed by atoms with Crippen molar-refractivity contribution in [1.29, 1.82) is 0 Å². The summed E-state index contributed by atoms with van der Waals surface area (Å²) in [4.78, 5) is 7.01. The fraction of sp³-hybridized carbons (Fsp3) is 0.667. The van der Waals surface area contributed by atoms with Crippen LogP contribution in [-0.4, -0.2) is 58.7 Å². The van der Waals surface area contributed by atoms with Gasteiger partial charge in [0, 0.05) is 31.7 Å². The average Bonchev–Trinajstić information content (AvgIpc) is 3.26. The third-order valence-electron chi connectivity index (χ3n) is 4.50. The van der Waals surface area contributed by atoms with E-state index in [2.05, 4.69) is 9.71 Å². The smallest absolute Gasteiger partial charge is 0.235 e. The summed E-state index contributed by atoms with van der Waals surface area (Å²) in [5.74, 6) is 0.898. The molecule has 1 spiro atoms. The van der Waals surface area contributed by atoms with Crippen molar-refractivity contribution in [2.45, 2.75) is 36.4 Å². The molecule has 1 N–H and O–H groups in total. The molecule has 2 fully saturated rings. The zero-order chi connectivity index (χ0) is 16.0. The standard InChI is InChI=1S/C15H20FN3O3S/c1-10-6-12-14(22-15(2-3-15)9-17-23(12)20)18-13(10)21-5-4-19-7-11(16)8-19/h6,11,17H,2-5,7-9H2,1H3. The molecule has 2 aliphatic heterocycles. The van der Waals surface area contributed by atoms with Crippen LogP contribution in [0.25, 0.3) is 0 Å². The second kappa shape index (κ2) is 5.68. The molecule has 126 valence electrons. The Morgan fingerprint density at radius 2 is 2.35 bits per heavy atom. The highest BCUT2D eigenvalue weighted by Crippen LogP contribution is 2.43. The predicted molar refractivity (Wildman–Crippen MR) is 82.8 cm³/mol. The quantitative estimate of drug-likeness (QED) is 0.884. The van der Waals surface area contributed by atoms with Crippen molar-refractivity contribution in [1.82, 2.24) is 14.6 Å². The largest absolute Gasteiger partial charge is 0.476 e. The number of alkyl halides is 1. The Hall–Kier alpha value is -1.25. The molecule has 1 aliphatic carbocycles. The van der Waals surface area contributed by atoms with E-state index >= 15 is 0 Å². The normalized spacial score (nSPS) is 26.1. The molecule has 8 heteroatoms. The number of hydrogen-bond acceptors (Lipinski definition) is 5. The summed E-state index contributed by atoms with van der Waals surface area (Å²) in [6.45, 7) is 4.54. The zero-order valence-electron chi connectivity index (χ0n) is 13.0. The molecule has 1 unspecified atom stereocenters. The summed E-state index contributed by atoms with van der Waals surface area (Å²) in [7, 11) is -1.31. The Labute approximate surface area is 136 Å². The number of aromatic nitrogens is 1. The minimum Gasteiger partial charge on any atom is -0.476 e. The van der Waals surface area contributed by atoms with Crippen LogP contribution in [0.2, 0.25) is 0 Å². The fourth-order valence-corrected chi connectivity index (χ4v) is 3.88. The Kier molecular flexibility index (Phi) is 3.78. The van der Waals surface area contributed by atoms with Gasteiger partial charge in [-0.05, 0) is 25.8 Å². The molecule has 0 radical (unpaired) electrons. The maximum atomic E-state index is 12.8. The second-order valence-corrected chi connectivity index (χ2v) is 7.76. The van der Waals surface area contributed by atoms with Crippen molar-refractivity contribution in [2.24, 2.45) is 0 Å². The Balaban J connectivity index is 1.47. The minimum absolute atomic E-state index is 0.256. The van der Waals surface area contributed by atoms with Crippen LogP contribution in [0.5, 0.6) is 11.8 Å². The lowest BCUT2D eigenvalue weighted by Gasteiger charge is -2.33. The highest BCUT2D eigenvalue weighted by molar-refractivity contribution is 7.83. The number of pyridine rings is 1. The van der Waals surface area contributed by atoms with Crippen LogP contribution >= 0.6 is 0 Å². The van der Waals surface area contributed by atoms with Crippen molar-refractivity contribution >= 4 is 11.0 Å². The van der Waals surface area contributed by atoms with Crippen LogP contribution in [0.4, 0.5) is 4.39 Å². The molecule has 1 saturated carbocycles. The number of aryl methyl sites for hydroxylation is 1. The van der Waals surface area contributed by atoms with Gasteiger partial charge in [0.05, 0.1) is 0 Å². The molecule has 1 atom stereocenters. The van der Waals surface area contributed by atoms with E-state index in [9.17, 15) is 8.60 Å². The van der Waals surface area contributed by atoms with Crippen LogP contribution in [0, 0.1) is 6.92 Å². The molecule has 6 nitrogen and oxygen atoms in total. The van der Waals surface area contributed by atoms with Crippen molar-refractivity contribution in [3.05, 3.63) is 11.6 Å². The van der Waals surface area contributed by atoms with Gasteiger partial charge in [-0.2, -0.15) is 4.98 Å². The Bertz CT molecular complexity index is 647. The molecule has 1 aromatic heterocycles. The van der Waals surface area contributed by atoms with Gasteiger partial charge in [0.2, 0.25) is 11.8 Å². The van der Waals surface area contributed by atoms with E-state index in [4.69, 9.17) is 9.47 Å². The number of rotatable bonds is 4. The van der Waals surface area contributed by atoms with E-state index in [-0.39, 0.29) is 5.60 Å². The summed E-state index contributed by atoms with van der Waals surface area (Å²) in [5.41, 5.74) is 0.565. The number of likely N-dealkylation sites (tertiary alicyclic amines) is 1. The molecule has 0 bridgehead atoms. The van der Waals surface area contributed by atoms with Gasteiger partial charge in [0.1, 0.15) is 34.3 Å². The van der Waals surface area contributed by atoms with E-state index in [0.717, 1.165) is 18.4 Å². The van der Waals surface area contributed by atoms with Gasteiger partial charge in [0.15, 0.2) is 0 Å². The van der Waals surface area contributed by atoms with E-state index in [1.54, 1.807) is 0 Å². The summed E-state index contributed by atoms with van der Waals surface area (Å²) in [6.07, 6.45) is 1.19. The van der Waals surface area contributed by atoms with Gasteiger partial charge in [-0.3, -0.25) is 4.90 Å². The van der Waals surface area contributed by atoms with Crippen molar-refractivity contribution in [3.8, 4) is 11.8 Å². The molecular formula is C15H20FN3O3S. The molecule has 1 aromatic rings. The number of halogens is 1. The van der Waals surface area contributed by atoms with Crippen LogP contribution in [0.3, 0.4) is 0 Å². The first-order chi connectivity index (χ1) is 11.0. The lowest BCUT2D eigenvalue weighted by atomic mass is 10.2.